The van der Waals surface area contributed by atoms with Crippen molar-refractivity contribution in [1.82, 2.24) is 5.16 Å². The van der Waals surface area contributed by atoms with Crippen LogP contribution >= 0.6 is 0 Å². The number of aromatic nitrogens is 1. The molecule has 0 unspecified atom stereocenters. The summed E-state index contributed by atoms with van der Waals surface area (Å²) in [5.74, 6) is -0.948. The summed E-state index contributed by atoms with van der Waals surface area (Å²) in [6.45, 7) is 1.96. The molecule has 0 radical (unpaired) electrons. The molecule has 0 aliphatic heterocycles. The van der Waals surface area contributed by atoms with Crippen molar-refractivity contribution in [3.05, 3.63) is 30.2 Å². The number of carbonyl (C=O) groups excluding carboxylic acids is 2. The van der Waals surface area contributed by atoms with Crippen LogP contribution in [0.1, 0.15) is 17.4 Å². The first-order valence-corrected chi connectivity index (χ1v) is 4.03. The third-order valence-electron chi connectivity index (χ3n) is 1.35. The zero-order valence-electron chi connectivity index (χ0n) is 7.60. The summed E-state index contributed by atoms with van der Waals surface area (Å²) in [6, 6.07) is 1.41. The summed E-state index contributed by atoms with van der Waals surface area (Å²) in [4.78, 5) is 22.0. The Morgan fingerprint density at radius 3 is 2.93 bits per heavy atom. The third-order valence-corrected chi connectivity index (χ3v) is 1.35. The SMILES string of the molecule is CCOC(=O)/C=C/C(=O)c1ccon1. The van der Waals surface area contributed by atoms with Crippen LogP contribution in [0.2, 0.25) is 0 Å². The Morgan fingerprint density at radius 1 is 1.57 bits per heavy atom. The van der Waals surface area contributed by atoms with Crippen LogP contribution < -0.4 is 0 Å². The molecule has 0 saturated heterocycles. The van der Waals surface area contributed by atoms with Gasteiger partial charge in [-0.05, 0) is 13.0 Å². The zero-order valence-corrected chi connectivity index (χ0v) is 7.60. The van der Waals surface area contributed by atoms with Crippen molar-refractivity contribution < 1.29 is 18.8 Å². The quantitative estimate of drug-likeness (QED) is 0.407. The molecule has 5 heteroatoms. The standard InChI is InChI=1S/C9H9NO4/c1-2-13-9(12)4-3-8(11)7-5-6-14-10-7/h3-6H,2H2,1H3/b4-3+. The number of rotatable bonds is 4. The van der Waals surface area contributed by atoms with Crippen LogP contribution in [0.3, 0.4) is 0 Å². The van der Waals surface area contributed by atoms with Crippen molar-refractivity contribution >= 4 is 11.8 Å². The normalized spacial score (nSPS) is 10.4. The minimum absolute atomic E-state index is 0.158. The van der Waals surface area contributed by atoms with E-state index in [1.807, 2.05) is 0 Å². The summed E-state index contributed by atoms with van der Waals surface area (Å²) in [5.41, 5.74) is 0.158. The number of carbonyl (C=O) groups is 2. The highest BCUT2D eigenvalue weighted by molar-refractivity contribution is 6.05. The predicted molar refractivity (Wildman–Crippen MR) is 46.6 cm³/mol. The van der Waals surface area contributed by atoms with Gasteiger partial charge in [-0.2, -0.15) is 0 Å². The lowest BCUT2D eigenvalue weighted by molar-refractivity contribution is -0.137. The minimum Gasteiger partial charge on any atom is -0.463 e. The van der Waals surface area contributed by atoms with E-state index >= 15 is 0 Å². The van der Waals surface area contributed by atoms with Crippen LogP contribution in [0.4, 0.5) is 0 Å². The van der Waals surface area contributed by atoms with Gasteiger partial charge in [0.2, 0.25) is 5.78 Å². The fourth-order valence-corrected chi connectivity index (χ4v) is 0.759. The Morgan fingerprint density at radius 2 is 2.36 bits per heavy atom. The molecule has 5 nitrogen and oxygen atoms in total. The van der Waals surface area contributed by atoms with Gasteiger partial charge in [0.05, 0.1) is 6.61 Å². The van der Waals surface area contributed by atoms with E-state index in [1.54, 1.807) is 6.92 Å². The highest BCUT2D eigenvalue weighted by Gasteiger charge is 2.05. The second-order valence-electron chi connectivity index (χ2n) is 2.33. The van der Waals surface area contributed by atoms with E-state index in [1.165, 1.54) is 12.3 Å². The first kappa shape index (κ1) is 10.2. The molecule has 0 spiro atoms. The highest BCUT2D eigenvalue weighted by atomic mass is 16.5. The second kappa shape index (κ2) is 4.96. The average molecular weight is 195 g/mol. The Balaban J connectivity index is 2.53. The number of ketones is 1. The Hall–Kier alpha value is -1.91. The van der Waals surface area contributed by atoms with E-state index in [4.69, 9.17) is 0 Å². The summed E-state index contributed by atoms with van der Waals surface area (Å²) >= 11 is 0. The smallest absolute Gasteiger partial charge is 0.330 e. The molecular formula is C9H9NO4. The maximum absolute atomic E-state index is 11.2. The van der Waals surface area contributed by atoms with Crippen molar-refractivity contribution in [3.63, 3.8) is 0 Å². The van der Waals surface area contributed by atoms with Crippen molar-refractivity contribution in [2.24, 2.45) is 0 Å². The maximum Gasteiger partial charge on any atom is 0.330 e. The van der Waals surface area contributed by atoms with Crippen LogP contribution in [-0.2, 0) is 9.53 Å². The molecule has 0 aliphatic rings. The molecule has 0 aliphatic carbocycles. The largest absolute Gasteiger partial charge is 0.463 e. The maximum atomic E-state index is 11.2. The van der Waals surface area contributed by atoms with Gasteiger partial charge in [-0.15, -0.1) is 0 Å². The number of allylic oxidation sites excluding steroid dienone is 1. The summed E-state index contributed by atoms with van der Waals surface area (Å²) in [5, 5.41) is 3.41. The summed E-state index contributed by atoms with van der Waals surface area (Å²) in [7, 11) is 0. The number of nitrogens with zero attached hydrogens (tertiary/aromatic N) is 1. The van der Waals surface area contributed by atoms with Gasteiger partial charge in [0.25, 0.3) is 0 Å². The average Bonchev–Trinajstić information content (AvgIpc) is 2.67. The van der Waals surface area contributed by atoms with Gasteiger partial charge in [0, 0.05) is 12.1 Å². The summed E-state index contributed by atoms with van der Waals surface area (Å²) in [6.07, 6.45) is 3.43. The fraction of sp³-hybridized carbons (Fsp3) is 0.222. The molecule has 1 rings (SSSR count). The molecule has 0 bridgehead atoms. The lowest BCUT2D eigenvalue weighted by Crippen LogP contribution is -2.01. The topological polar surface area (TPSA) is 69.4 Å². The van der Waals surface area contributed by atoms with Gasteiger partial charge in [-0.25, -0.2) is 4.79 Å². The molecule has 1 heterocycles. The van der Waals surface area contributed by atoms with Gasteiger partial charge in [-0.1, -0.05) is 5.16 Å². The van der Waals surface area contributed by atoms with Crippen LogP contribution in [0, 0.1) is 0 Å². The van der Waals surface area contributed by atoms with Gasteiger partial charge in [-0.3, -0.25) is 4.79 Å². The van der Waals surface area contributed by atoms with Crippen molar-refractivity contribution in [2.45, 2.75) is 6.92 Å². The molecule has 14 heavy (non-hydrogen) atoms. The first-order chi connectivity index (χ1) is 6.74. The summed E-state index contributed by atoms with van der Waals surface area (Å²) < 4.78 is 9.06. The van der Waals surface area contributed by atoms with Crippen molar-refractivity contribution in [2.75, 3.05) is 6.61 Å². The zero-order chi connectivity index (χ0) is 10.4. The monoisotopic (exact) mass is 195 g/mol. The number of hydrogen-bond acceptors (Lipinski definition) is 5. The van der Waals surface area contributed by atoms with Crippen LogP contribution in [-0.4, -0.2) is 23.5 Å². The van der Waals surface area contributed by atoms with Crippen LogP contribution in [0.25, 0.3) is 0 Å². The third kappa shape index (κ3) is 2.85. The molecule has 0 saturated carbocycles. The number of esters is 1. The Bertz CT molecular complexity index is 340. The predicted octanol–water partition coefficient (Wildman–Crippen LogP) is 0.977. The number of ether oxygens (including phenoxy) is 1. The molecule has 1 aromatic rings. The lowest BCUT2D eigenvalue weighted by atomic mass is 10.2. The molecule has 74 valence electrons. The van der Waals surface area contributed by atoms with E-state index < -0.39 is 11.8 Å². The van der Waals surface area contributed by atoms with E-state index in [9.17, 15) is 9.59 Å². The lowest BCUT2D eigenvalue weighted by Gasteiger charge is -1.93. The number of hydrogen-bond donors (Lipinski definition) is 0. The Labute approximate surface area is 80.3 Å². The minimum atomic E-state index is -0.552. The van der Waals surface area contributed by atoms with Crippen molar-refractivity contribution in [3.8, 4) is 0 Å². The van der Waals surface area contributed by atoms with E-state index in [0.29, 0.717) is 0 Å². The van der Waals surface area contributed by atoms with Crippen LogP contribution in [0.15, 0.2) is 29.0 Å². The molecule has 0 N–H and O–H groups in total. The first-order valence-electron chi connectivity index (χ1n) is 4.03. The van der Waals surface area contributed by atoms with Gasteiger partial charge in [0.15, 0.2) is 5.69 Å². The molecule has 0 atom stereocenters. The molecular weight excluding hydrogens is 186 g/mol. The molecule has 0 aromatic carbocycles. The Kier molecular flexibility index (Phi) is 3.60. The molecule has 0 fully saturated rings. The van der Waals surface area contributed by atoms with E-state index in [2.05, 4.69) is 14.4 Å². The van der Waals surface area contributed by atoms with Gasteiger partial charge in [0.1, 0.15) is 6.26 Å². The van der Waals surface area contributed by atoms with Gasteiger partial charge >= 0.3 is 5.97 Å². The van der Waals surface area contributed by atoms with E-state index in [0.717, 1.165) is 12.2 Å². The second-order valence-corrected chi connectivity index (χ2v) is 2.33. The van der Waals surface area contributed by atoms with Gasteiger partial charge < -0.3 is 9.26 Å². The molecule has 0 amide bonds. The van der Waals surface area contributed by atoms with E-state index in [-0.39, 0.29) is 12.3 Å². The fourth-order valence-electron chi connectivity index (χ4n) is 0.759. The molecule has 1 aromatic heterocycles. The highest BCUT2D eigenvalue weighted by Crippen LogP contribution is 1.97. The van der Waals surface area contributed by atoms with Crippen LogP contribution in [0.5, 0.6) is 0 Å². The van der Waals surface area contributed by atoms with Crippen molar-refractivity contribution in [1.29, 1.82) is 0 Å².